The summed E-state index contributed by atoms with van der Waals surface area (Å²) in [5, 5.41) is 8.76. The van der Waals surface area contributed by atoms with Gasteiger partial charge in [-0.1, -0.05) is 41.5 Å². The van der Waals surface area contributed by atoms with Gasteiger partial charge in [-0.2, -0.15) is 0 Å². The molecule has 0 rings (SSSR count). The second kappa shape index (κ2) is 9.90. The number of allylic oxidation sites excluding steroid dienone is 6. The van der Waals surface area contributed by atoms with Crippen LogP contribution in [0.3, 0.4) is 0 Å². The van der Waals surface area contributed by atoms with E-state index in [0.717, 1.165) is 25.7 Å². The number of aliphatic hydroxyl groups excluding tert-OH is 1. The Morgan fingerprint density at radius 1 is 0.944 bits per heavy atom. The first-order valence-corrected chi connectivity index (χ1v) is 6.72. The van der Waals surface area contributed by atoms with Crippen molar-refractivity contribution in [2.45, 2.75) is 53.4 Å². The van der Waals surface area contributed by atoms with Gasteiger partial charge < -0.3 is 5.11 Å². The van der Waals surface area contributed by atoms with Crippen molar-refractivity contribution >= 4 is 0 Å². The van der Waals surface area contributed by atoms with Gasteiger partial charge in [0.2, 0.25) is 0 Å². The molecule has 1 nitrogen and oxygen atoms in total. The van der Waals surface area contributed by atoms with E-state index in [2.05, 4.69) is 40.3 Å². The lowest BCUT2D eigenvalue weighted by Crippen LogP contribution is -1.86. The van der Waals surface area contributed by atoms with E-state index in [1.54, 1.807) is 0 Å². The maximum atomic E-state index is 8.76. The van der Waals surface area contributed by atoms with E-state index in [1.807, 2.05) is 12.2 Å². The van der Waals surface area contributed by atoms with E-state index in [0.29, 0.717) is 0 Å². The first-order chi connectivity index (χ1) is 8.51. The van der Waals surface area contributed by atoms with Gasteiger partial charge in [-0.15, -0.1) is 0 Å². The molecule has 102 valence electrons. The predicted molar refractivity (Wildman–Crippen MR) is 81.6 cm³/mol. The molecule has 0 saturated carbocycles. The van der Waals surface area contributed by atoms with Crippen LogP contribution in [0.4, 0.5) is 0 Å². The molecule has 0 unspecified atom stereocenters. The van der Waals surface area contributed by atoms with Crippen molar-refractivity contribution in [1.29, 1.82) is 0 Å². The minimum Gasteiger partial charge on any atom is -0.392 e. The molecule has 0 amide bonds. The minimum atomic E-state index is 0.151. The van der Waals surface area contributed by atoms with Crippen molar-refractivity contribution in [1.82, 2.24) is 0 Å². The van der Waals surface area contributed by atoms with Gasteiger partial charge in [0.25, 0.3) is 0 Å². The van der Waals surface area contributed by atoms with Crippen LogP contribution in [0.5, 0.6) is 0 Å². The molecular formula is C17H28O. The first-order valence-electron chi connectivity index (χ1n) is 6.72. The van der Waals surface area contributed by atoms with Gasteiger partial charge in [0.1, 0.15) is 0 Å². The van der Waals surface area contributed by atoms with Crippen LogP contribution in [0.15, 0.2) is 47.1 Å². The molecule has 0 aliphatic rings. The molecule has 0 radical (unpaired) electrons. The molecule has 0 aliphatic carbocycles. The van der Waals surface area contributed by atoms with Gasteiger partial charge in [0, 0.05) is 0 Å². The Kier molecular flexibility index (Phi) is 9.31. The predicted octanol–water partition coefficient (Wildman–Crippen LogP) is 4.95. The van der Waals surface area contributed by atoms with E-state index in [9.17, 15) is 0 Å². The molecule has 18 heavy (non-hydrogen) atoms. The molecule has 0 fully saturated rings. The van der Waals surface area contributed by atoms with Crippen molar-refractivity contribution in [3.05, 3.63) is 47.1 Å². The summed E-state index contributed by atoms with van der Waals surface area (Å²) in [6, 6.07) is 0. The summed E-state index contributed by atoms with van der Waals surface area (Å²) in [5.41, 5.74) is 5.42. The fourth-order valence-electron chi connectivity index (χ4n) is 1.79. The third-order valence-corrected chi connectivity index (χ3v) is 3.15. The SMILES string of the molecule is C=CC(CC/C(C)=C/CC/C(C)=C/CO)=C(C)C. The van der Waals surface area contributed by atoms with Gasteiger partial charge in [-0.05, 0) is 59.0 Å². The van der Waals surface area contributed by atoms with Gasteiger partial charge in [-0.25, -0.2) is 0 Å². The van der Waals surface area contributed by atoms with Gasteiger partial charge in [-0.3, -0.25) is 0 Å². The van der Waals surface area contributed by atoms with E-state index in [4.69, 9.17) is 5.11 Å². The Balaban J connectivity index is 4.10. The lowest BCUT2D eigenvalue weighted by atomic mass is 10.0. The third kappa shape index (κ3) is 8.08. The molecule has 1 heteroatoms. The van der Waals surface area contributed by atoms with Crippen molar-refractivity contribution < 1.29 is 5.11 Å². The minimum absolute atomic E-state index is 0.151. The monoisotopic (exact) mass is 248 g/mol. The lowest BCUT2D eigenvalue weighted by molar-refractivity contribution is 0.341. The Labute approximate surface area is 113 Å². The molecule has 1 N–H and O–H groups in total. The molecule has 0 aliphatic heterocycles. The average Bonchev–Trinajstić information content (AvgIpc) is 2.29. The summed E-state index contributed by atoms with van der Waals surface area (Å²) in [5.74, 6) is 0. The molecule has 0 bridgehead atoms. The average molecular weight is 248 g/mol. The zero-order chi connectivity index (χ0) is 14.0. The molecular weight excluding hydrogens is 220 g/mol. The number of hydrogen-bond donors (Lipinski definition) is 1. The smallest absolute Gasteiger partial charge is 0.0614 e. The molecule has 0 aromatic carbocycles. The fraction of sp³-hybridized carbons (Fsp3) is 0.529. The highest BCUT2D eigenvalue weighted by molar-refractivity contribution is 5.22. The van der Waals surface area contributed by atoms with Crippen LogP contribution >= 0.6 is 0 Å². The zero-order valence-corrected chi connectivity index (χ0v) is 12.4. The van der Waals surface area contributed by atoms with E-state index >= 15 is 0 Å². The summed E-state index contributed by atoms with van der Waals surface area (Å²) < 4.78 is 0. The second-order valence-corrected chi connectivity index (χ2v) is 5.05. The summed E-state index contributed by atoms with van der Waals surface area (Å²) in [7, 11) is 0. The number of aliphatic hydroxyl groups is 1. The molecule has 0 saturated heterocycles. The lowest BCUT2D eigenvalue weighted by Gasteiger charge is -2.06. The first kappa shape index (κ1) is 16.9. The highest BCUT2D eigenvalue weighted by atomic mass is 16.2. The molecule has 0 aromatic rings. The van der Waals surface area contributed by atoms with Gasteiger partial charge in [0.15, 0.2) is 0 Å². The Bertz CT molecular complexity index is 339. The van der Waals surface area contributed by atoms with Crippen LogP contribution in [0.25, 0.3) is 0 Å². The van der Waals surface area contributed by atoms with Crippen molar-refractivity contribution in [2.24, 2.45) is 0 Å². The van der Waals surface area contributed by atoms with Crippen molar-refractivity contribution in [3.8, 4) is 0 Å². The van der Waals surface area contributed by atoms with Crippen LogP contribution in [-0.4, -0.2) is 11.7 Å². The van der Waals surface area contributed by atoms with Crippen molar-refractivity contribution in [2.75, 3.05) is 6.61 Å². The van der Waals surface area contributed by atoms with Crippen LogP contribution in [0, 0.1) is 0 Å². The van der Waals surface area contributed by atoms with Crippen molar-refractivity contribution in [3.63, 3.8) is 0 Å². The second-order valence-electron chi connectivity index (χ2n) is 5.05. The molecule has 0 spiro atoms. The van der Waals surface area contributed by atoms with Crippen LogP contribution in [-0.2, 0) is 0 Å². The normalized spacial score (nSPS) is 12.5. The van der Waals surface area contributed by atoms with Crippen LogP contribution in [0.1, 0.15) is 53.4 Å². The number of rotatable bonds is 8. The summed E-state index contributed by atoms with van der Waals surface area (Å²) in [4.78, 5) is 0. The largest absolute Gasteiger partial charge is 0.392 e. The van der Waals surface area contributed by atoms with Crippen LogP contribution in [0.2, 0.25) is 0 Å². The fourth-order valence-corrected chi connectivity index (χ4v) is 1.79. The maximum absolute atomic E-state index is 8.76. The van der Waals surface area contributed by atoms with Gasteiger partial charge >= 0.3 is 0 Å². The highest BCUT2D eigenvalue weighted by Gasteiger charge is 1.97. The van der Waals surface area contributed by atoms with Gasteiger partial charge in [0.05, 0.1) is 6.61 Å². The summed E-state index contributed by atoms with van der Waals surface area (Å²) >= 11 is 0. The van der Waals surface area contributed by atoms with E-state index in [1.165, 1.54) is 22.3 Å². The maximum Gasteiger partial charge on any atom is 0.0614 e. The Morgan fingerprint density at radius 2 is 1.56 bits per heavy atom. The number of hydrogen-bond acceptors (Lipinski definition) is 1. The molecule has 0 aromatic heterocycles. The quantitative estimate of drug-likeness (QED) is 0.476. The Morgan fingerprint density at radius 3 is 2.06 bits per heavy atom. The van der Waals surface area contributed by atoms with E-state index in [-0.39, 0.29) is 6.61 Å². The van der Waals surface area contributed by atoms with E-state index < -0.39 is 0 Å². The summed E-state index contributed by atoms with van der Waals surface area (Å²) in [6.07, 6.45) is 10.4. The summed E-state index contributed by atoms with van der Waals surface area (Å²) in [6.45, 7) is 12.5. The molecule has 0 heterocycles. The Hall–Kier alpha value is -1.08. The molecule has 0 atom stereocenters. The zero-order valence-electron chi connectivity index (χ0n) is 12.4. The standard InChI is InChI=1S/C17H28O/c1-6-17(14(2)3)11-10-15(4)8-7-9-16(5)12-13-18/h6,8,12,18H,1,7,9-11,13H2,2-5H3/b15-8+,16-12+. The topological polar surface area (TPSA) is 20.2 Å². The highest BCUT2D eigenvalue weighted by Crippen LogP contribution is 2.17. The van der Waals surface area contributed by atoms with Crippen LogP contribution < -0.4 is 0 Å². The third-order valence-electron chi connectivity index (χ3n) is 3.15.